The maximum atomic E-state index is 13.6. The molecule has 1 aliphatic heterocycles. The molecule has 0 bridgehead atoms. The Hall–Kier alpha value is -2.73. The number of phenolic OH excluding ortho intramolecular Hbond substituents is 1. The minimum Gasteiger partial charge on any atom is -0.505 e. The molecule has 3 aromatic rings. The molecule has 0 amide bonds. The predicted molar refractivity (Wildman–Crippen MR) is 89.6 cm³/mol. The molecule has 0 atom stereocenters. The van der Waals surface area contributed by atoms with Crippen LogP contribution in [0.1, 0.15) is 0 Å². The van der Waals surface area contributed by atoms with E-state index in [4.69, 9.17) is 4.74 Å². The van der Waals surface area contributed by atoms with Gasteiger partial charge in [-0.2, -0.15) is 0 Å². The number of rotatable bonds is 2. The Morgan fingerprint density at radius 1 is 1.00 bits per heavy atom. The lowest BCUT2D eigenvalue weighted by molar-refractivity contribution is 0.122. The van der Waals surface area contributed by atoms with E-state index < -0.39 is 5.82 Å². The minimum absolute atomic E-state index is 0.353. The standard InChI is InChI=1S/C18H16FN3O2/c19-14-9-12(2-4-17(14)23)13-1-3-15-16(10-13)21-18(11-20-15)22-5-7-24-8-6-22/h1-4,9-11,23H,5-8H2. The number of aromatic hydroxyl groups is 1. The molecular weight excluding hydrogens is 309 g/mol. The number of morpholine rings is 1. The van der Waals surface area contributed by atoms with Gasteiger partial charge >= 0.3 is 0 Å². The molecule has 5 nitrogen and oxygen atoms in total. The number of nitrogens with zero attached hydrogens (tertiary/aromatic N) is 3. The van der Waals surface area contributed by atoms with E-state index in [9.17, 15) is 9.50 Å². The van der Waals surface area contributed by atoms with Crippen molar-refractivity contribution in [2.75, 3.05) is 31.2 Å². The van der Waals surface area contributed by atoms with E-state index in [-0.39, 0.29) is 5.75 Å². The van der Waals surface area contributed by atoms with Crippen molar-refractivity contribution in [1.82, 2.24) is 9.97 Å². The Bertz CT molecular complexity index is 895. The molecule has 1 aliphatic rings. The summed E-state index contributed by atoms with van der Waals surface area (Å²) in [6.45, 7) is 2.96. The molecule has 4 rings (SSSR count). The second kappa shape index (κ2) is 6.05. The number of ether oxygens (including phenoxy) is 1. The molecule has 0 spiro atoms. The van der Waals surface area contributed by atoms with E-state index in [1.54, 1.807) is 12.3 Å². The monoisotopic (exact) mass is 325 g/mol. The van der Waals surface area contributed by atoms with Crippen LogP contribution in [-0.2, 0) is 4.74 Å². The predicted octanol–water partition coefficient (Wildman–Crippen LogP) is 2.98. The maximum absolute atomic E-state index is 13.6. The molecule has 24 heavy (non-hydrogen) atoms. The van der Waals surface area contributed by atoms with Crippen molar-refractivity contribution in [3.63, 3.8) is 0 Å². The van der Waals surface area contributed by atoms with E-state index in [0.29, 0.717) is 18.8 Å². The number of aromatic nitrogens is 2. The Labute approximate surface area is 138 Å². The van der Waals surface area contributed by atoms with Crippen LogP contribution in [0, 0.1) is 5.82 Å². The Morgan fingerprint density at radius 3 is 2.54 bits per heavy atom. The van der Waals surface area contributed by atoms with Gasteiger partial charge in [-0.15, -0.1) is 0 Å². The van der Waals surface area contributed by atoms with Crippen LogP contribution in [-0.4, -0.2) is 41.4 Å². The topological polar surface area (TPSA) is 58.5 Å². The third-order valence-corrected chi connectivity index (χ3v) is 4.15. The van der Waals surface area contributed by atoms with Crippen LogP contribution in [0.2, 0.25) is 0 Å². The van der Waals surface area contributed by atoms with Gasteiger partial charge in [0.2, 0.25) is 0 Å². The molecule has 1 N–H and O–H groups in total. The molecule has 6 heteroatoms. The van der Waals surface area contributed by atoms with Crippen molar-refractivity contribution < 1.29 is 14.2 Å². The van der Waals surface area contributed by atoms with Gasteiger partial charge in [0.15, 0.2) is 11.6 Å². The summed E-state index contributed by atoms with van der Waals surface area (Å²) in [7, 11) is 0. The molecule has 1 aromatic heterocycles. The first-order chi connectivity index (χ1) is 11.7. The molecule has 2 heterocycles. The highest BCUT2D eigenvalue weighted by Crippen LogP contribution is 2.27. The average molecular weight is 325 g/mol. The first kappa shape index (κ1) is 14.8. The highest BCUT2D eigenvalue weighted by molar-refractivity contribution is 5.82. The molecule has 0 saturated carbocycles. The second-order valence-electron chi connectivity index (χ2n) is 5.70. The molecule has 1 saturated heterocycles. The number of halogens is 1. The number of hydrogen-bond donors (Lipinski definition) is 1. The lowest BCUT2D eigenvalue weighted by atomic mass is 10.0. The zero-order valence-corrected chi connectivity index (χ0v) is 12.9. The van der Waals surface area contributed by atoms with Gasteiger partial charge in [-0.3, -0.25) is 4.98 Å². The first-order valence-electron chi connectivity index (χ1n) is 7.79. The van der Waals surface area contributed by atoms with Gasteiger partial charge in [0.1, 0.15) is 5.82 Å². The maximum Gasteiger partial charge on any atom is 0.165 e. The second-order valence-corrected chi connectivity index (χ2v) is 5.70. The van der Waals surface area contributed by atoms with Crippen molar-refractivity contribution in [3.05, 3.63) is 48.4 Å². The van der Waals surface area contributed by atoms with Crippen molar-refractivity contribution >= 4 is 16.9 Å². The quantitative estimate of drug-likeness (QED) is 0.785. The van der Waals surface area contributed by atoms with Crippen molar-refractivity contribution in [3.8, 4) is 16.9 Å². The highest BCUT2D eigenvalue weighted by atomic mass is 19.1. The lowest BCUT2D eigenvalue weighted by Gasteiger charge is -2.27. The first-order valence-corrected chi connectivity index (χ1v) is 7.79. The molecule has 2 aromatic carbocycles. The molecule has 122 valence electrons. The summed E-state index contributed by atoms with van der Waals surface area (Å²) in [6, 6.07) is 9.97. The summed E-state index contributed by atoms with van der Waals surface area (Å²) in [5.74, 6) is -0.172. The number of anilines is 1. The van der Waals surface area contributed by atoms with Crippen LogP contribution in [0.4, 0.5) is 10.2 Å². The van der Waals surface area contributed by atoms with Gasteiger partial charge in [-0.05, 0) is 35.4 Å². The van der Waals surface area contributed by atoms with E-state index in [1.807, 2.05) is 18.2 Å². The highest BCUT2D eigenvalue weighted by Gasteiger charge is 2.13. The fourth-order valence-electron chi connectivity index (χ4n) is 2.81. The largest absolute Gasteiger partial charge is 0.505 e. The Balaban J connectivity index is 1.74. The normalized spacial score (nSPS) is 15.0. The molecule has 0 radical (unpaired) electrons. The van der Waals surface area contributed by atoms with Gasteiger partial charge in [-0.1, -0.05) is 12.1 Å². The van der Waals surface area contributed by atoms with Gasteiger partial charge in [0.25, 0.3) is 0 Å². The summed E-state index contributed by atoms with van der Waals surface area (Å²) in [6.07, 6.45) is 1.77. The Kier molecular flexibility index (Phi) is 3.74. The lowest BCUT2D eigenvalue weighted by Crippen LogP contribution is -2.36. The van der Waals surface area contributed by atoms with Gasteiger partial charge < -0.3 is 14.7 Å². The average Bonchev–Trinajstić information content (AvgIpc) is 2.64. The molecule has 0 unspecified atom stereocenters. The van der Waals surface area contributed by atoms with Crippen molar-refractivity contribution in [1.29, 1.82) is 0 Å². The van der Waals surface area contributed by atoms with E-state index in [2.05, 4.69) is 14.9 Å². The van der Waals surface area contributed by atoms with E-state index in [0.717, 1.165) is 35.5 Å². The summed E-state index contributed by atoms with van der Waals surface area (Å²) in [4.78, 5) is 11.3. The minimum atomic E-state index is -0.638. The number of hydrogen-bond acceptors (Lipinski definition) is 5. The van der Waals surface area contributed by atoms with Crippen LogP contribution in [0.15, 0.2) is 42.6 Å². The summed E-state index contributed by atoms with van der Waals surface area (Å²) in [5.41, 5.74) is 3.06. The van der Waals surface area contributed by atoms with Crippen molar-refractivity contribution in [2.45, 2.75) is 0 Å². The van der Waals surface area contributed by atoms with Gasteiger partial charge in [0, 0.05) is 13.1 Å². The van der Waals surface area contributed by atoms with Crippen LogP contribution in [0.25, 0.3) is 22.2 Å². The zero-order chi connectivity index (χ0) is 16.5. The van der Waals surface area contributed by atoms with E-state index >= 15 is 0 Å². The summed E-state index contributed by atoms with van der Waals surface area (Å²) in [5, 5.41) is 9.33. The molecular formula is C18H16FN3O2. The Morgan fingerprint density at radius 2 is 1.75 bits per heavy atom. The fraction of sp³-hybridized carbons (Fsp3) is 0.222. The van der Waals surface area contributed by atoms with E-state index in [1.165, 1.54) is 12.1 Å². The smallest absolute Gasteiger partial charge is 0.165 e. The SMILES string of the molecule is Oc1ccc(-c2ccc3ncc(N4CCOCC4)nc3c2)cc1F. The van der Waals surface area contributed by atoms with Crippen LogP contribution in [0.3, 0.4) is 0 Å². The third-order valence-electron chi connectivity index (χ3n) is 4.15. The van der Waals surface area contributed by atoms with Crippen LogP contribution in [0.5, 0.6) is 5.75 Å². The van der Waals surface area contributed by atoms with Crippen LogP contribution < -0.4 is 4.90 Å². The number of benzene rings is 2. The zero-order valence-electron chi connectivity index (χ0n) is 12.9. The molecule has 0 aliphatic carbocycles. The number of phenols is 1. The summed E-state index contributed by atoms with van der Waals surface area (Å²) >= 11 is 0. The summed E-state index contributed by atoms with van der Waals surface area (Å²) < 4.78 is 18.9. The molecule has 1 fully saturated rings. The van der Waals surface area contributed by atoms with Crippen LogP contribution >= 0.6 is 0 Å². The van der Waals surface area contributed by atoms with Gasteiger partial charge in [-0.25, -0.2) is 9.37 Å². The number of fused-ring (bicyclic) bond motifs is 1. The van der Waals surface area contributed by atoms with Gasteiger partial charge in [0.05, 0.1) is 30.4 Å². The third kappa shape index (κ3) is 2.76. The van der Waals surface area contributed by atoms with Crippen molar-refractivity contribution in [2.24, 2.45) is 0 Å². The fourth-order valence-corrected chi connectivity index (χ4v) is 2.81.